The third kappa shape index (κ3) is 5.60. The molecule has 0 unspecified atom stereocenters. The van der Waals surface area contributed by atoms with Crippen LogP contribution in [0.5, 0.6) is 0 Å². The molecule has 2 nitrogen and oxygen atoms in total. The Hall–Kier alpha value is -0.780. The van der Waals surface area contributed by atoms with Crippen molar-refractivity contribution in [1.29, 1.82) is 0 Å². The van der Waals surface area contributed by atoms with Crippen LogP contribution in [0.1, 0.15) is 77.6 Å². The molecule has 0 N–H and O–H groups in total. The molecular weight excluding hydrogens is 323 g/mol. The van der Waals surface area contributed by atoms with Crippen LogP contribution in [0.25, 0.3) is 0 Å². The lowest BCUT2D eigenvalue weighted by atomic mass is 10.0. The highest BCUT2D eigenvalue weighted by Crippen LogP contribution is 2.40. The van der Waals surface area contributed by atoms with E-state index in [9.17, 15) is 0 Å². The molecule has 0 atom stereocenters. The van der Waals surface area contributed by atoms with Gasteiger partial charge < -0.3 is 0 Å². The molecule has 0 fully saturated rings. The Morgan fingerprint density at radius 3 is 1.28 bits per heavy atom. The SMILES string of the molecule is Cc1cc(C)c(C#P(N(C(C)C)C(C)C)N(C(C)C)C(C)C)c(C)c1. The molecule has 0 aliphatic rings. The molecule has 0 amide bonds. The van der Waals surface area contributed by atoms with Gasteiger partial charge in [-0.1, -0.05) is 23.3 Å². The van der Waals surface area contributed by atoms with Gasteiger partial charge in [-0.3, -0.25) is 0 Å². The first kappa shape index (κ1) is 22.3. The summed E-state index contributed by atoms with van der Waals surface area (Å²) in [5.41, 5.74) is 9.29. The van der Waals surface area contributed by atoms with E-state index in [0.717, 1.165) is 0 Å². The van der Waals surface area contributed by atoms with Crippen molar-refractivity contribution in [3.05, 3.63) is 34.4 Å². The van der Waals surface area contributed by atoms with Crippen LogP contribution < -0.4 is 0 Å². The average molecular weight is 363 g/mol. The molecule has 0 bridgehead atoms. The van der Waals surface area contributed by atoms with Gasteiger partial charge in [-0.15, -0.1) is 0 Å². The van der Waals surface area contributed by atoms with Crippen molar-refractivity contribution in [2.24, 2.45) is 0 Å². The minimum Gasteiger partial charge on any atom is -0.241 e. The molecule has 1 aromatic rings. The van der Waals surface area contributed by atoms with Crippen molar-refractivity contribution in [3.63, 3.8) is 0 Å². The van der Waals surface area contributed by atoms with Gasteiger partial charge in [-0.2, -0.15) is 0 Å². The van der Waals surface area contributed by atoms with Gasteiger partial charge in [0.2, 0.25) is 0 Å². The van der Waals surface area contributed by atoms with Crippen molar-refractivity contribution in [3.8, 4) is 5.63 Å². The van der Waals surface area contributed by atoms with Crippen molar-refractivity contribution in [2.45, 2.75) is 100 Å². The van der Waals surface area contributed by atoms with E-state index in [4.69, 9.17) is 0 Å². The standard InChI is InChI=1S/C22H39N2P/c1-15(2)23(16(3)4)25(24(17(5)6)18(7)8)14-22-20(10)12-19(9)13-21(22)11/h12-13,15-18H,1-11H3. The molecular formula is C22H39N2P. The second-order valence-corrected chi connectivity index (χ2v) is 10.0. The Labute approximate surface area is 157 Å². The van der Waals surface area contributed by atoms with Crippen LogP contribution in [0, 0.1) is 26.4 Å². The van der Waals surface area contributed by atoms with Crippen LogP contribution in [0.4, 0.5) is 0 Å². The van der Waals surface area contributed by atoms with Crippen molar-refractivity contribution >= 4 is 7.68 Å². The first-order valence-corrected chi connectivity index (χ1v) is 10.9. The average Bonchev–Trinajstić information content (AvgIpc) is 2.40. The smallest absolute Gasteiger partial charge is 0.0452 e. The maximum Gasteiger partial charge on any atom is 0.0452 e. The molecule has 25 heavy (non-hydrogen) atoms. The van der Waals surface area contributed by atoms with Gasteiger partial charge in [0, 0.05) is 37.4 Å². The minimum absolute atomic E-state index is 0.490. The Morgan fingerprint density at radius 2 is 1.00 bits per heavy atom. The van der Waals surface area contributed by atoms with E-state index in [-0.39, 0.29) is 0 Å². The number of hydrogen-bond acceptors (Lipinski definition) is 2. The first-order valence-electron chi connectivity index (χ1n) is 9.68. The van der Waals surface area contributed by atoms with E-state index in [2.05, 4.69) is 103 Å². The fourth-order valence-corrected chi connectivity index (χ4v) is 6.53. The molecule has 0 saturated carbocycles. The van der Waals surface area contributed by atoms with Gasteiger partial charge >= 0.3 is 0 Å². The normalized spacial score (nSPS) is 12.2. The third-order valence-electron chi connectivity index (χ3n) is 4.44. The van der Waals surface area contributed by atoms with Crippen LogP contribution in [0.2, 0.25) is 0 Å². The zero-order chi connectivity index (χ0) is 19.5. The number of nitrogens with zero attached hydrogens (tertiary/aromatic N) is 2. The second-order valence-electron chi connectivity index (χ2n) is 8.31. The van der Waals surface area contributed by atoms with E-state index in [1.807, 2.05) is 0 Å². The summed E-state index contributed by atoms with van der Waals surface area (Å²) in [6.45, 7) is 25.1. The van der Waals surface area contributed by atoms with Crippen molar-refractivity contribution in [2.75, 3.05) is 0 Å². The van der Waals surface area contributed by atoms with Gasteiger partial charge in [0.05, 0.1) is 0 Å². The Morgan fingerprint density at radius 1 is 0.680 bits per heavy atom. The number of hydrogen-bond donors (Lipinski definition) is 0. The fourth-order valence-electron chi connectivity index (χ4n) is 3.76. The highest BCUT2D eigenvalue weighted by Gasteiger charge is 2.26. The van der Waals surface area contributed by atoms with Crippen LogP contribution >= 0.6 is 7.68 Å². The van der Waals surface area contributed by atoms with Crippen LogP contribution in [-0.2, 0) is 0 Å². The number of rotatable bonds is 4. The van der Waals surface area contributed by atoms with Crippen LogP contribution in [0.3, 0.4) is 0 Å². The summed E-state index contributed by atoms with van der Waals surface area (Å²) in [4.78, 5) is 0. The van der Waals surface area contributed by atoms with Crippen molar-refractivity contribution < 1.29 is 0 Å². The summed E-state index contributed by atoms with van der Waals surface area (Å²) in [5, 5.41) is 0. The summed E-state index contributed by atoms with van der Waals surface area (Å²) in [6.07, 6.45) is 0. The van der Waals surface area contributed by atoms with Gasteiger partial charge in [-0.25, -0.2) is 9.34 Å². The van der Waals surface area contributed by atoms with E-state index in [0.29, 0.717) is 24.2 Å². The minimum atomic E-state index is -0.647. The predicted molar refractivity (Wildman–Crippen MR) is 115 cm³/mol. The molecule has 1 rings (SSSR count). The molecule has 0 aliphatic heterocycles. The molecule has 0 radical (unpaired) electrons. The summed E-state index contributed by atoms with van der Waals surface area (Å²) in [6, 6.07) is 6.53. The Kier molecular flexibility index (Phi) is 8.23. The number of benzene rings is 1. The molecule has 0 heterocycles. The van der Waals surface area contributed by atoms with Crippen LogP contribution in [0.15, 0.2) is 12.1 Å². The molecule has 0 aliphatic carbocycles. The maximum absolute atomic E-state index is 3.99. The lowest BCUT2D eigenvalue weighted by Crippen LogP contribution is -2.39. The zero-order valence-corrected chi connectivity index (χ0v) is 19.2. The molecule has 0 aromatic heterocycles. The topological polar surface area (TPSA) is 6.48 Å². The molecule has 1 aromatic carbocycles. The number of aryl methyl sites for hydroxylation is 3. The second kappa shape index (κ2) is 9.24. The zero-order valence-electron chi connectivity index (χ0n) is 18.3. The van der Waals surface area contributed by atoms with Crippen LogP contribution in [-0.4, -0.2) is 33.5 Å². The maximum atomic E-state index is 3.99. The van der Waals surface area contributed by atoms with E-state index < -0.39 is 7.68 Å². The summed E-state index contributed by atoms with van der Waals surface area (Å²) < 4.78 is 5.29. The highest BCUT2D eigenvalue weighted by atomic mass is 31.1. The highest BCUT2D eigenvalue weighted by molar-refractivity contribution is 7.42. The predicted octanol–water partition coefficient (Wildman–Crippen LogP) is 6.47. The van der Waals surface area contributed by atoms with Gasteiger partial charge in [-0.05, 0) is 87.3 Å². The Balaban J connectivity index is 3.75. The quantitative estimate of drug-likeness (QED) is 0.566. The monoisotopic (exact) mass is 362 g/mol. The van der Waals surface area contributed by atoms with Gasteiger partial charge in [0.1, 0.15) is 0 Å². The largest absolute Gasteiger partial charge is 0.241 e. The summed E-state index contributed by atoms with van der Waals surface area (Å²) in [7, 11) is -0.647. The van der Waals surface area contributed by atoms with Gasteiger partial charge in [0.25, 0.3) is 0 Å². The summed E-state index contributed by atoms with van der Waals surface area (Å²) >= 11 is 0. The lowest BCUT2D eigenvalue weighted by molar-refractivity contribution is 0.265. The van der Waals surface area contributed by atoms with Crippen molar-refractivity contribution in [1.82, 2.24) is 9.34 Å². The lowest BCUT2D eigenvalue weighted by Gasteiger charge is -2.40. The molecule has 0 saturated heterocycles. The third-order valence-corrected chi connectivity index (χ3v) is 7.59. The Bertz CT molecular complexity index is 597. The fraction of sp³-hybridized carbons (Fsp3) is 0.682. The molecule has 142 valence electrons. The first-order chi connectivity index (χ1) is 11.5. The molecule has 0 spiro atoms. The van der Waals surface area contributed by atoms with E-state index in [1.54, 1.807) is 0 Å². The van der Waals surface area contributed by atoms with E-state index >= 15 is 0 Å². The summed E-state index contributed by atoms with van der Waals surface area (Å²) in [5.74, 6) is 0. The molecule has 3 heteroatoms. The van der Waals surface area contributed by atoms with E-state index in [1.165, 1.54) is 22.3 Å². The van der Waals surface area contributed by atoms with Gasteiger partial charge in [0.15, 0.2) is 0 Å².